The Bertz CT molecular complexity index is 1370. The van der Waals surface area contributed by atoms with Crippen molar-refractivity contribution >= 4 is 17.6 Å². The Morgan fingerprint density at radius 2 is 1.64 bits per heavy atom. The Kier molecular flexibility index (Phi) is 7.02. The van der Waals surface area contributed by atoms with Gasteiger partial charge in [0.2, 0.25) is 5.69 Å². The maximum absolute atomic E-state index is 12.6. The topological polar surface area (TPSA) is 95.7 Å². The summed E-state index contributed by atoms with van der Waals surface area (Å²) in [5.74, 6) is -1.00. The van der Waals surface area contributed by atoms with E-state index in [0.29, 0.717) is 16.9 Å². The van der Waals surface area contributed by atoms with E-state index >= 15 is 0 Å². The maximum Gasteiger partial charge on any atom is 0.573 e. The van der Waals surface area contributed by atoms with Crippen molar-refractivity contribution in [3.05, 3.63) is 83.0 Å². The number of carboxylic acids is 1. The SMILES string of the molecule is COc1ccc(Cn2nnc(C(=O)O)c2Oc2ccc(-c3ccc(Cl)c(OC(F)(F)F)c3)cc2)cc1. The number of halogens is 4. The Morgan fingerprint density at radius 3 is 2.25 bits per heavy atom. The van der Waals surface area contributed by atoms with Crippen molar-refractivity contribution < 1.29 is 37.3 Å². The molecule has 4 rings (SSSR count). The van der Waals surface area contributed by atoms with E-state index in [0.717, 1.165) is 5.56 Å². The van der Waals surface area contributed by atoms with Gasteiger partial charge in [0, 0.05) is 0 Å². The lowest BCUT2D eigenvalue weighted by atomic mass is 10.1. The van der Waals surface area contributed by atoms with Crippen molar-refractivity contribution in [2.45, 2.75) is 12.9 Å². The molecule has 1 N–H and O–H groups in total. The predicted octanol–water partition coefficient (Wildman–Crippen LogP) is 6.04. The molecular formula is C24H17ClF3N3O5. The molecule has 36 heavy (non-hydrogen) atoms. The lowest BCUT2D eigenvalue weighted by Crippen LogP contribution is -2.17. The highest BCUT2D eigenvalue weighted by atomic mass is 35.5. The number of carboxylic acid groups (broad SMARTS) is 1. The molecule has 1 aromatic heterocycles. The normalized spacial score (nSPS) is 11.2. The van der Waals surface area contributed by atoms with Crippen LogP contribution in [0.5, 0.6) is 23.1 Å². The van der Waals surface area contributed by atoms with Gasteiger partial charge in [-0.1, -0.05) is 47.1 Å². The molecule has 0 radical (unpaired) electrons. The fraction of sp³-hybridized carbons (Fsp3) is 0.125. The van der Waals surface area contributed by atoms with Crippen LogP contribution in [-0.2, 0) is 6.54 Å². The zero-order valence-electron chi connectivity index (χ0n) is 18.5. The highest BCUT2D eigenvalue weighted by Crippen LogP contribution is 2.35. The van der Waals surface area contributed by atoms with Gasteiger partial charge in [-0.25, -0.2) is 9.48 Å². The molecule has 0 saturated heterocycles. The van der Waals surface area contributed by atoms with Crippen LogP contribution in [-0.4, -0.2) is 39.5 Å². The van der Waals surface area contributed by atoms with Gasteiger partial charge in [-0.3, -0.25) is 0 Å². The Balaban J connectivity index is 1.57. The third kappa shape index (κ3) is 5.87. The van der Waals surface area contributed by atoms with Crippen molar-refractivity contribution in [2.24, 2.45) is 0 Å². The number of ether oxygens (including phenoxy) is 3. The molecule has 12 heteroatoms. The van der Waals surface area contributed by atoms with Crippen molar-refractivity contribution in [3.8, 4) is 34.3 Å². The van der Waals surface area contributed by atoms with E-state index in [1.807, 2.05) is 0 Å². The number of carbonyl (C=O) groups is 1. The highest BCUT2D eigenvalue weighted by Gasteiger charge is 2.32. The molecule has 0 aliphatic rings. The monoisotopic (exact) mass is 519 g/mol. The molecule has 8 nitrogen and oxygen atoms in total. The first-order valence-corrected chi connectivity index (χ1v) is 10.6. The highest BCUT2D eigenvalue weighted by molar-refractivity contribution is 6.32. The van der Waals surface area contributed by atoms with Crippen LogP contribution in [0.25, 0.3) is 11.1 Å². The van der Waals surface area contributed by atoms with Crippen molar-refractivity contribution in [2.75, 3.05) is 7.11 Å². The standard InChI is InChI=1S/C24H17ClF3N3O5/c1-34-17-7-2-14(3-8-17)13-31-22(21(23(32)33)29-30-31)35-18-9-4-15(5-10-18)16-6-11-19(25)20(12-16)36-24(26,27)28/h2-12H,13H2,1H3,(H,32,33). The summed E-state index contributed by atoms with van der Waals surface area (Å²) in [4.78, 5) is 11.6. The number of hydrogen-bond donors (Lipinski definition) is 1. The van der Waals surface area contributed by atoms with Crippen LogP contribution in [0.3, 0.4) is 0 Å². The molecule has 0 atom stereocenters. The van der Waals surface area contributed by atoms with Gasteiger partial charge in [0.15, 0.2) is 0 Å². The molecular weight excluding hydrogens is 503 g/mol. The van der Waals surface area contributed by atoms with Gasteiger partial charge in [-0.15, -0.1) is 18.3 Å². The Labute approximate surface area is 207 Å². The third-order valence-corrected chi connectivity index (χ3v) is 5.25. The molecule has 3 aromatic carbocycles. The van der Waals surface area contributed by atoms with Gasteiger partial charge in [-0.05, 0) is 53.1 Å². The lowest BCUT2D eigenvalue weighted by molar-refractivity contribution is -0.274. The lowest BCUT2D eigenvalue weighted by Gasteiger charge is -2.12. The first-order chi connectivity index (χ1) is 17.1. The first kappa shape index (κ1) is 24.9. The zero-order valence-corrected chi connectivity index (χ0v) is 19.2. The number of hydrogen-bond acceptors (Lipinski definition) is 6. The van der Waals surface area contributed by atoms with Crippen molar-refractivity contribution in [3.63, 3.8) is 0 Å². The number of methoxy groups -OCH3 is 1. The molecule has 0 aliphatic carbocycles. The Morgan fingerprint density at radius 1 is 1.00 bits per heavy atom. The average Bonchev–Trinajstić information content (AvgIpc) is 3.23. The quantitative estimate of drug-likeness (QED) is 0.303. The molecule has 186 valence electrons. The summed E-state index contributed by atoms with van der Waals surface area (Å²) < 4.78 is 54.1. The molecule has 0 saturated carbocycles. The van der Waals surface area contributed by atoms with Gasteiger partial charge in [0.05, 0.1) is 18.7 Å². The van der Waals surface area contributed by atoms with Crippen LogP contribution in [0, 0.1) is 0 Å². The van der Waals surface area contributed by atoms with E-state index in [9.17, 15) is 23.1 Å². The summed E-state index contributed by atoms with van der Waals surface area (Å²) in [7, 11) is 1.55. The van der Waals surface area contributed by atoms with Gasteiger partial charge in [-0.2, -0.15) is 0 Å². The summed E-state index contributed by atoms with van der Waals surface area (Å²) >= 11 is 5.81. The minimum absolute atomic E-state index is 0.0848. The number of benzene rings is 3. The molecule has 0 spiro atoms. The van der Waals surface area contributed by atoms with E-state index in [-0.39, 0.29) is 28.9 Å². The number of aromatic carboxylic acids is 1. The van der Waals surface area contributed by atoms with Gasteiger partial charge in [0.1, 0.15) is 17.2 Å². The first-order valence-electron chi connectivity index (χ1n) is 10.3. The minimum atomic E-state index is -4.88. The third-order valence-electron chi connectivity index (χ3n) is 4.94. The largest absolute Gasteiger partial charge is 0.573 e. The minimum Gasteiger partial charge on any atom is -0.497 e. The van der Waals surface area contributed by atoms with Gasteiger partial charge in [0.25, 0.3) is 5.88 Å². The van der Waals surface area contributed by atoms with Crippen LogP contribution < -0.4 is 14.2 Å². The van der Waals surface area contributed by atoms with Crippen LogP contribution in [0.1, 0.15) is 16.1 Å². The maximum atomic E-state index is 12.6. The molecule has 4 aromatic rings. The summed E-state index contributed by atoms with van der Waals surface area (Å²) in [5.41, 5.74) is 1.40. The second kappa shape index (κ2) is 10.2. The van der Waals surface area contributed by atoms with Gasteiger partial charge >= 0.3 is 12.3 Å². The number of alkyl halides is 3. The number of aromatic nitrogens is 3. The number of rotatable bonds is 8. The molecule has 0 unspecified atom stereocenters. The smallest absolute Gasteiger partial charge is 0.497 e. The summed E-state index contributed by atoms with van der Waals surface area (Å²) in [6.07, 6.45) is -4.88. The average molecular weight is 520 g/mol. The van der Waals surface area contributed by atoms with Crippen LogP contribution in [0.2, 0.25) is 5.02 Å². The van der Waals surface area contributed by atoms with Crippen LogP contribution in [0.4, 0.5) is 13.2 Å². The van der Waals surface area contributed by atoms with Crippen LogP contribution >= 0.6 is 11.6 Å². The van der Waals surface area contributed by atoms with E-state index in [4.69, 9.17) is 21.1 Å². The molecule has 0 aliphatic heterocycles. The fourth-order valence-corrected chi connectivity index (χ4v) is 3.42. The van der Waals surface area contributed by atoms with E-state index in [1.165, 1.54) is 35.0 Å². The number of nitrogens with zero attached hydrogens (tertiary/aromatic N) is 3. The van der Waals surface area contributed by atoms with E-state index in [2.05, 4.69) is 15.0 Å². The van der Waals surface area contributed by atoms with Gasteiger partial charge < -0.3 is 19.3 Å². The predicted molar refractivity (Wildman–Crippen MR) is 123 cm³/mol. The summed E-state index contributed by atoms with van der Waals surface area (Å²) in [5, 5.41) is 16.9. The van der Waals surface area contributed by atoms with Crippen molar-refractivity contribution in [1.82, 2.24) is 15.0 Å². The van der Waals surface area contributed by atoms with E-state index < -0.39 is 18.1 Å². The van der Waals surface area contributed by atoms with Crippen molar-refractivity contribution in [1.29, 1.82) is 0 Å². The zero-order chi connectivity index (χ0) is 25.9. The summed E-state index contributed by atoms with van der Waals surface area (Å²) in [6.45, 7) is 0.185. The van der Waals surface area contributed by atoms with E-state index in [1.54, 1.807) is 43.5 Å². The molecule has 0 amide bonds. The molecule has 0 bridgehead atoms. The molecule has 0 fully saturated rings. The van der Waals surface area contributed by atoms with Crippen LogP contribution in [0.15, 0.2) is 66.7 Å². The second-order valence-corrected chi connectivity index (χ2v) is 7.78. The fourth-order valence-electron chi connectivity index (χ4n) is 3.26. The summed E-state index contributed by atoms with van der Waals surface area (Å²) in [6, 6.07) is 17.4. The second-order valence-electron chi connectivity index (χ2n) is 7.37. The molecule has 1 heterocycles. The Hall–Kier alpha value is -4.25.